The molecule has 0 radical (unpaired) electrons. The molecule has 1 amide bonds. The first-order chi connectivity index (χ1) is 12.7. The van der Waals surface area contributed by atoms with Crippen molar-refractivity contribution in [1.29, 1.82) is 0 Å². The molecule has 0 aliphatic rings. The first-order valence-electron chi connectivity index (χ1n) is 8.54. The molecule has 134 valence electrons. The summed E-state index contributed by atoms with van der Waals surface area (Å²) in [6.07, 6.45) is 1.51. The molecular formula is C20H21N3O3. The fourth-order valence-electron chi connectivity index (χ4n) is 2.67. The Kier molecular flexibility index (Phi) is 5.63. The maximum Gasteiger partial charge on any atom is 0.251 e. The van der Waals surface area contributed by atoms with Crippen molar-refractivity contribution in [2.75, 3.05) is 12.4 Å². The maximum absolute atomic E-state index is 12.2. The van der Waals surface area contributed by atoms with Gasteiger partial charge in [0.05, 0.1) is 12.7 Å². The first kappa shape index (κ1) is 17.7. The lowest BCUT2D eigenvalue weighted by Gasteiger charge is -2.08. The second-order valence-corrected chi connectivity index (χ2v) is 5.76. The number of hydrogen-bond acceptors (Lipinski definition) is 5. The van der Waals surface area contributed by atoms with E-state index in [1.165, 1.54) is 0 Å². The van der Waals surface area contributed by atoms with Gasteiger partial charge in [0, 0.05) is 18.5 Å². The lowest BCUT2D eigenvalue weighted by Crippen LogP contribution is -2.13. The summed E-state index contributed by atoms with van der Waals surface area (Å²) in [5, 5.41) is 11.0. The van der Waals surface area contributed by atoms with Crippen LogP contribution in [0.1, 0.15) is 24.8 Å². The zero-order valence-electron chi connectivity index (χ0n) is 14.9. The molecule has 26 heavy (non-hydrogen) atoms. The Bertz CT molecular complexity index is 889. The summed E-state index contributed by atoms with van der Waals surface area (Å²) in [5.74, 6) is 1.39. The zero-order chi connectivity index (χ0) is 18.4. The van der Waals surface area contributed by atoms with Gasteiger partial charge in [-0.15, -0.1) is 10.2 Å². The van der Waals surface area contributed by atoms with Crippen LogP contribution in [0.2, 0.25) is 0 Å². The fraction of sp³-hybridized carbons (Fsp3) is 0.250. The summed E-state index contributed by atoms with van der Waals surface area (Å²) in [5.41, 5.74) is 2.69. The number of carbonyl (C=O) groups excluding carboxylic acids is 1. The number of anilines is 1. The van der Waals surface area contributed by atoms with Crippen LogP contribution in [0, 0.1) is 0 Å². The Balaban J connectivity index is 1.62. The van der Waals surface area contributed by atoms with Gasteiger partial charge in [0.2, 0.25) is 11.8 Å². The van der Waals surface area contributed by atoms with E-state index in [0.717, 1.165) is 23.2 Å². The Morgan fingerprint density at radius 3 is 2.69 bits per heavy atom. The van der Waals surface area contributed by atoms with Gasteiger partial charge >= 0.3 is 0 Å². The SMILES string of the molecule is CCc1ccccc1NC(=O)CCc1nnc(-c2ccccc2OC)o1. The summed E-state index contributed by atoms with van der Waals surface area (Å²) >= 11 is 0. The highest BCUT2D eigenvalue weighted by atomic mass is 16.5. The van der Waals surface area contributed by atoms with Crippen molar-refractivity contribution >= 4 is 11.6 Å². The minimum absolute atomic E-state index is 0.0806. The highest BCUT2D eigenvalue weighted by Crippen LogP contribution is 2.28. The van der Waals surface area contributed by atoms with Gasteiger partial charge in [0.15, 0.2) is 0 Å². The first-order valence-corrected chi connectivity index (χ1v) is 8.54. The highest BCUT2D eigenvalue weighted by molar-refractivity contribution is 5.91. The number of benzene rings is 2. The molecule has 3 aromatic rings. The Morgan fingerprint density at radius 2 is 1.88 bits per heavy atom. The average molecular weight is 351 g/mol. The molecular weight excluding hydrogens is 330 g/mol. The number of para-hydroxylation sites is 2. The van der Waals surface area contributed by atoms with Gasteiger partial charge in [-0.25, -0.2) is 0 Å². The van der Waals surface area contributed by atoms with Crippen molar-refractivity contribution in [1.82, 2.24) is 10.2 Å². The second kappa shape index (κ2) is 8.29. The molecule has 3 rings (SSSR count). The van der Waals surface area contributed by atoms with Crippen LogP contribution in [0.25, 0.3) is 11.5 Å². The fourth-order valence-corrected chi connectivity index (χ4v) is 2.67. The third-order valence-corrected chi connectivity index (χ3v) is 4.04. The van der Waals surface area contributed by atoms with Crippen LogP contribution >= 0.6 is 0 Å². The lowest BCUT2D eigenvalue weighted by molar-refractivity contribution is -0.116. The summed E-state index contributed by atoms with van der Waals surface area (Å²) in [4.78, 5) is 12.2. The average Bonchev–Trinajstić information content (AvgIpc) is 3.15. The number of aryl methyl sites for hydroxylation is 2. The third-order valence-electron chi connectivity index (χ3n) is 4.04. The minimum atomic E-state index is -0.0806. The van der Waals surface area contributed by atoms with Crippen LogP contribution in [0.3, 0.4) is 0 Å². The van der Waals surface area contributed by atoms with E-state index in [2.05, 4.69) is 22.4 Å². The summed E-state index contributed by atoms with van der Waals surface area (Å²) in [6.45, 7) is 2.06. The van der Waals surface area contributed by atoms with E-state index in [1.807, 2.05) is 48.5 Å². The zero-order valence-corrected chi connectivity index (χ0v) is 14.9. The number of nitrogens with zero attached hydrogens (tertiary/aromatic N) is 2. The summed E-state index contributed by atoms with van der Waals surface area (Å²) in [7, 11) is 1.59. The summed E-state index contributed by atoms with van der Waals surface area (Å²) in [6, 6.07) is 15.2. The molecule has 0 aliphatic carbocycles. The minimum Gasteiger partial charge on any atom is -0.496 e. The Hall–Kier alpha value is -3.15. The van der Waals surface area contributed by atoms with E-state index in [4.69, 9.17) is 9.15 Å². The number of nitrogens with one attached hydrogen (secondary N) is 1. The van der Waals surface area contributed by atoms with Crippen molar-refractivity contribution < 1.29 is 13.9 Å². The maximum atomic E-state index is 12.2. The molecule has 0 saturated carbocycles. The highest BCUT2D eigenvalue weighted by Gasteiger charge is 2.14. The summed E-state index contributed by atoms with van der Waals surface area (Å²) < 4.78 is 11.0. The molecule has 0 spiro atoms. The number of carbonyl (C=O) groups is 1. The van der Waals surface area contributed by atoms with E-state index in [1.54, 1.807) is 7.11 Å². The van der Waals surface area contributed by atoms with E-state index in [9.17, 15) is 4.79 Å². The number of ether oxygens (including phenoxy) is 1. The molecule has 0 fully saturated rings. The molecule has 1 aromatic heterocycles. The van der Waals surface area contributed by atoms with Gasteiger partial charge in [-0.1, -0.05) is 37.3 Å². The largest absolute Gasteiger partial charge is 0.496 e. The van der Waals surface area contributed by atoms with Gasteiger partial charge < -0.3 is 14.5 Å². The molecule has 0 bridgehead atoms. The van der Waals surface area contributed by atoms with Crippen molar-refractivity contribution in [2.45, 2.75) is 26.2 Å². The third kappa shape index (κ3) is 4.08. The number of aromatic nitrogens is 2. The molecule has 6 heteroatoms. The van der Waals surface area contributed by atoms with Gasteiger partial charge in [-0.3, -0.25) is 4.79 Å². The molecule has 0 unspecified atom stereocenters. The number of rotatable bonds is 7. The van der Waals surface area contributed by atoms with Crippen molar-refractivity contribution in [3.05, 3.63) is 60.0 Å². The second-order valence-electron chi connectivity index (χ2n) is 5.76. The van der Waals surface area contributed by atoms with Gasteiger partial charge in [0.1, 0.15) is 5.75 Å². The topological polar surface area (TPSA) is 77.2 Å². The van der Waals surface area contributed by atoms with E-state index >= 15 is 0 Å². The van der Waals surface area contributed by atoms with Crippen LogP contribution in [0.4, 0.5) is 5.69 Å². The molecule has 0 atom stereocenters. The smallest absolute Gasteiger partial charge is 0.251 e. The molecule has 6 nitrogen and oxygen atoms in total. The Morgan fingerprint density at radius 1 is 1.12 bits per heavy atom. The van der Waals surface area contributed by atoms with Gasteiger partial charge in [0.25, 0.3) is 5.89 Å². The molecule has 2 aromatic carbocycles. The Labute approximate surface area is 152 Å². The predicted molar refractivity (Wildman–Crippen MR) is 99.1 cm³/mol. The monoisotopic (exact) mass is 351 g/mol. The molecule has 0 saturated heterocycles. The van der Waals surface area contributed by atoms with Crippen LogP contribution in [-0.4, -0.2) is 23.2 Å². The van der Waals surface area contributed by atoms with Crippen LogP contribution in [0.15, 0.2) is 52.9 Å². The molecule has 0 aliphatic heterocycles. The van der Waals surface area contributed by atoms with E-state index < -0.39 is 0 Å². The van der Waals surface area contributed by atoms with Gasteiger partial charge in [-0.05, 0) is 30.2 Å². The van der Waals surface area contributed by atoms with Gasteiger partial charge in [-0.2, -0.15) is 0 Å². The van der Waals surface area contributed by atoms with Crippen molar-refractivity contribution in [2.24, 2.45) is 0 Å². The number of amides is 1. The molecule has 1 heterocycles. The van der Waals surface area contributed by atoms with Crippen LogP contribution < -0.4 is 10.1 Å². The van der Waals surface area contributed by atoms with Crippen molar-refractivity contribution in [3.8, 4) is 17.2 Å². The van der Waals surface area contributed by atoms with Crippen molar-refractivity contribution in [3.63, 3.8) is 0 Å². The lowest BCUT2D eigenvalue weighted by atomic mass is 10.1. The standard InChI is InChI=1S/C20H21N3O3/c1-3-14-8-4-6-10-16(14)21-18(24)12-13-19-22-23-20(26-19)15-9-5-7-11-17(15)25-2/h4-11H,3,12-13H2,1-2H3,(H,21,24). The quantitative estimate of drug-likeness (QED) is 0.699. The number of methoxy groups -OCH3 is 1. The van der Waals surface area contributed by atoms with Crippen LogP contribution in [0.5, 0.6) is 5.75 Å². The number of hydrogen-bond donors (Lipinski definition) is 1. The predicted octanol–water partition coefficient (Wildman–Crippen LogP) is 3.88. The van der Waals surface area contributed by atoms with Crippen LogP contribution in [-0.2, 0) is 17.6 Å². The molecule has 1 N–H and O–H groups in total. The van der Waals surface area contributed by atoms with E-state index in [-0.39, 0.29) is 12.3 Å². The van der Waals surface area contributed by atoms with E-state index in [0.29, 0.717) is 24.0 Å². The normalized spacial score (nSPS) is 10.5.